The first kappa shape index (κ1) is 16.1. The Balaban J connectivity index is 1.89. The van der Waals surface area contributed by atoms with E-state index in [2.05, 4.69) is 5.32 Å². The average molecular weight is 365 g/mol. The topological polar surface area (TPSA) is 104 Å². The Hall–Kier alpha value is -3.09. The van der Waals surface area contributed by atoms with Crippen LogP contribution in [-0.2, 0) is 11.3 Å². The number of nitrogens with zero attached hydrogens (tertiary/aromatic N) is 2. The van der Waals surface area contributed by atoms with E-state index in [0.29, 0.717) is 16.2 Å². The summed E-state index contributed by atoms with van der Waals surface area (Å²) in [5.41, 5.74) is 0.406. The Morgan fingerprint density at radius 3 is 2.74 bits per heavy atom. The minimum absolute atomic E-state index is 0.198. The van der Waals surface area contributed by atoms with Gasteiger partial charge in [0.2, 0.25) is 5.88 Å². The average Bonchev–Trinajstić information content (AvgIpc) is 2.82. The van der Waals surface area contributed by atoms with Crippen LogP contribution in [0.3, 0.4) is 0 Å². The van der Waals surface area contributed by atoms with Crippen molar-refractivity contribution in [3.63, 3.8) is 0 Å². The molecule has 1 aromatic heterocycles. The first-order chi connectivity index (χ1) is 13.0. The van der Waals surface area contributed by atoms with Crippen molar-refractivity contribution in [2.45, 2.75) is 44.3 Å². The molecule has 0 amide bonds. The summed E-state index contributed by atoms with van der Waals surface area (Å²) in [6.07, 6.45) is 4.42. The zero-order valence-electron chi connectivity index (χ0n) is 14.6. The molecule has 7 heteroatoms. The van der Waals surface area contributed by atoms with Crippen LogP contribution in [0.1, 0.15) is 25.7 Å². The van der Waals surface area contributed by atoms with Crippen molar-refractivity contribution in [2.75, 3.05) is 5.32 Å². The quantitative estimate of drug-likeness (QED) is 0.645. The van der Waals surface area contributed by atoms with Gasteiger partial charge in [-0.05, 0) is 37.1 Å². The van der Waals surface area contributed by atoms with E-state index in [1.807, 2.05) is 12.1 Å². The second-order valence-corrected chi connectivity index (χ2v) is 7.38. The van der Waals surface area contributed by atoms with Gasteiger partial charge in [0.15, 0.2) is 0 Å². The van der Waals surface area contributed by atoms with Gasteiger partial charge in [0.1, 0.15) is 6.54 Å². The summed E-state index contributed by atoms with van der Waals surface area (Å²) in [5, 5.41) is 26.4. The molecule has 1 aliphatic heterocycles. The zero-order chi connectivity index (χ0) is 18.7. The Kier molecular flexibility index (Phi) is 3.40. The summed E-state index contributed by atoms with van der Waals surface area (Å²) in [6.45, 7) is -0.581. The minimum atomic E-state index is -1.18. The summed E-state index contributed by atoms with van der Waals surface area (Å²) in [5.74, 6) is -1.50. The third-order valence-electron chi connectivity index (χ3n) is 5.78. The van der Waals surface area contributed by atoms with E-state index in [0.717, 1.165) is 40.3 Å². The molecule has 3 aromatic rings. The maximum Gasteiger partial charge on any atom is 0.323 e. The SMILES string of the molecule is O=C(O)Cn1c(O)c2ccc3c4c(ccc(c1=O)c24)NC1CCCCC1N=3. The van der Waals surface area contributed by atoms with Crippen molar-refractivity contribution in [3.8, 4) is 5.88 Å². The summed E-state index contributed by atoms with van der Waals surface area (Å²) in [7, 11) is 0. The molecule has 1 fully saturated rings. The summed E-state index contributed by atoms with van der Waals surface area (Å²) in [4.78, 5) is 28.9. The minimum Gasteiger partial charge on any atom is -0.494 e. The number of hydrogen-bond acceptors (Lipinski definition) is 5. The Morgan fingerprint density at radius 2 is 1.93 bits per heavy atom. The predicted octanol–water partition coefficient (Wildman–Crippen LogP) is 2.02. The van der Waals surface area contributed by atoms with E-state index in [9.17, 15) is 14.7 Å². The van der Waals surface area contributed by atoms with Gasteiger partial charge in [-0.2, -0.15) is 0 Å². The number of aliphatic carboxylic acids is 1. The number of nitrogens with one attached hydrogen (secondary N) is 1. The zero-order valence-corrected chi connectivity index (χ0v) is 14.6. The largest absolute Gasteiger partial charge is 0.494 e. The molecular formula is C20H19N3O4. The molecule has 1 saturated carbocycles. The molecule has 7 nitrogen and oxygen atoms in total. The number of carbonyl (C=O) groups is 1. The fourth-order valence-electron chi connectivity index (χ4n) is 4.55. The van der Waals surface area contributed by atoms with Crippen LogP contribution in [0.2, 0.25) is 0 Å². The predicted molar refractivity (Wildman–Crippen MR) is 101 cm³/mol. The normalized spacial score (nSPS) is 21.3. The third kappa shape index (κ3) is 2.31. The summed E-state index contributed by atoms with van der Waals surface area (Å²) >= 11 is 0. The first-order valence-electron chi connectivity index (χ1n) is 9.21. The number of carboxylic acids is 1. The van der Waals surface area contributed by atoms with Crippen molar-refractivity contribution < 1.29 is 15.0 Å². The highest BCUT2D eigenvalue weighted by molar-refractivity contribution is 6.15. The van der Waals surface area contributed by atoms with Crippen molar-refractivity contribution in [2.24, 2.45) is 4.99 Å². The van der Waals surface area contributed by atoms with Gasteiger partial charge in [-0.15, -0.1) is 0 Å². The molecule has 2 heterocycles. The van der Waals surface area contributed by atoms with Crippen LogP contribution in [-0.4, -0.2) is 32.8 Å². The molecule has 27 heavy (non-hydrogen) atoms. The maximum atomic E-state index is 12.8. The van der Waals surface area contributed by atoms with Gasteiger partial charge in [0, 0.05) is 33.3 Å². The standard InChI is InChI=1S/C20H19N3O4/c24-16(25)9-23-19(26)10-5-7-14-18-15(8-6-11(17(10)18)20(23)27)22-13-4-2-1-3-12(13)21-14/h5-8,12-13,21,27H,1-4,9H2,(H,24,25). The van der Waals surface area contributed by atoms with Crippen LogP contribution in [0.25, 0.3) is 21.5 Å². The maximum absolute atomic E-state index is 12.8. The second-order valence-electron chi connectivity index (χ2n) is 7.38. The molecule has 0 radical (unpaired) electrons. The van der Waals surface area contributed by atoms with E-state index < -0.39 is 18.1 Å². The van der Waals surface area contributed by atoms with E-state index >= 15 is 0 Å². The molecule has 3 N–H and O–H groups in total. The number of aromatic hydroxyl groups is 1. The van der Waals surface area contributed by atoms with Gasteiger partial charge >= 0.3 is 5.97 Å². The number of aromatic nitrogens is 1. The van der Waals surface area contributed by atoms with Crippen molar-refractivity contribution in [1.82, 2.24) is 4.57 Å². The highest BCUT2D eigenvalue weighted by Gasteiger charge is 2.28. The van der Waals surface area contributed by atoms with Crippen LogP contribution in [0.5, 0.6) is 5.88 Å². The molecule has 2 unspecified atom stereocenters. The highest BCUT2D eigenvalue weighted by Crippen LogP contribution is 2.35. The van der Waals surface area contributed by atoms with E-state index in [1.54, 1.807) is 12.1 Å². The molecule has 2 aromatic carbocycles. The second kappa shape index (κ2) is 5.70. The lowest BCUT2D eigenvalue weighted by Crippen LogP contribution is -2.35. The number of rotatable bonds is 2. The van der Waals surface area contributed by atoms with Gasteiger partial charge < -0.3 is 15.5 Å². The number of benzene rings is 2. The van der Waals surface area contributed by atoms with Crippen LogP contribution in [0.4, 0.5) is 5.69 Å². The van der Waals surface area contributed by atoms with Gasteiger partial charge in [0.05, 0.1) is 11.4 Å². The number of pyridine rings is 1. The molecule has 0 spiro atoms. The Labute approximate surface area is 153 Å². The number of hydrogen-bond donors (Lipinski definition) is 3. The Morgan fingerprint density at radius 1 is 1.15 bits per heavy atom. The number of anilines is 1. The van der Waals surface area contributed by atoms with Crippen LogP contribution in [0, 0.1) is 0 Å². The molecule has 0 saturated heterocycles. The van der Waals surface area contributed by atoms with Gasteiger partial charge in [-0.1, -0.05) is 12.8 Å². The van der Waals surface area contributed by atoms with Gasteiger partial charge in [0.25, 0.3) is 5.56 Å². The molecule has 138 valence electrons. The molecule has 2 atom stereocenters. The fraction of sp³-hybridized carbons (Fsp3) is 0.350. The Bertz CT molecular complexity index is 1210. The molecule has 2 aliphatic rings. The van der Waals surface area contributed by atoms with Crippen molar-refractivity contribution in [1.29, 1.82) is 0 Å². The van der Waals surface area contributed by atoms with Crippen molar-refractivity contribution in [3.05, 3.63) is 40.0 Å². The van der Waals surface area contributed by atoms with Crippen LogP contribution >= 0.6 is 0 Å². The molecule has 5 rings (SSSR count). The fourth-order valence-corrected chi connectivity index (χ4v) is 4.55. The number of fused-ring (bicyclic) bond motifs is 1. The van der Waals surface area contributed by atoms with E-state index in [4.69, 9.17) is 10.1 Å². The van der Waals surface area contributed by atoms with Crippen LogP contribution < -0.4 is 16.2 Å². The summed E-state index contributed by atoms with van der Waals surface area (Å²) < 4.78 is 0.906. The number of carboxylic acid groups (broad SMARTS) is 1. The molecule has 0 bridgehead atoms. The molecule has 1 aliphatic carbocycles. The third-order valence-corrected chi connectivity index (χ3v) is 5.78. The highest BCUT2D eigenvalue weighted by atomic mass is 16.4. The first-order valence-corrected chi connectivity index (χ1v) is 9.21. The monoisotopic (exact) mass is 365 g/mol. The van der Waals surface area contributed by atoms with Crippen molar-refractivity contribution >= 4 is 33.2 Å². The lowest BCUT2D eigenvalue weighted by atomic mass is 9.91. The summed E-state index contributed by atoms with van der Waals surface area (Å²) in [6, 6.07) is 7.64. The van der Waals surface area contributed by atoms with Gasteiger partial charge in [-0.3, -0.25) is 19.1 Å². The molecular weight excluding hydrogens is 346 g/mol. The van der Waals surface area contributed by atoms with Gasteiger partial charge in [-0.25, -0.2) is 0 Å². The smallest absolute Gasteiger partial charge is 0.323 e. The van der Waals surface area contributed by atoms with E-state index in [-0.39, 0.29) is 18.0 Å². The van der Waals surface area contributed by atoms with E-state index in [1.165, 1.54) is 6.42 Å². The van der Waals surface area contributed by atoms with Crippen LogP contribution in [0.15, 0.2) is 34.1 Å². The lowest BCUT2D eigenvalue weighted by molar-refractivity contribution is -0.137. The lowest BCUT2D eigenvalue weighted by Gasteiger charge is -2.29.